The lowest BCUT2D eigenvalue weighted by molar-refractivity contribution is -0.117. The van der Waals surface area contributed by atoms with Crippen LogP contribution in [0.25, 0.3) is 11.5 Å². The maximum Gasteiger partial charge on any atom is 0.255 e. The molecule has 1 amide bonds. The molecule has 1 saturated heterocycles. The molecule has 1 aliphatic rings. The monoisotopic (exact) mass is 475 g/mol. The summed E-state index contributed by atoms with van der Waals surface area (Å²) in [6.45, 7) is 5.91. The molecule has 1 atom stereocenters. The van der Waals surface area contributed by atoms with Crippen LogP contribution < -0.4 is 20.7 Å². The number of hydrogen-bond acceptors (Lipinski definition) is 9. The standard InChI is InChI=1S/C21H23ClFN7O3/c1-4-32-13-8-12(16(22)17(23)18(13)30-7-5-6-14(30)31)10(2)27-20-15(19(24)25-9-26-20)21-29-28-11(3)33-21/h8-10H,4-7H2,1-3H3,(H3,24,25,26,27). The lowest BCUT2D eigenvalue weighted by atomic mass is 10.1. The third kappa shape index (κ3) is 4.28. The predicted octanol–water partition coefficient (Wildman–Crippen LogP) is 3.91. The SMILES string of the molecule is CCOc1cc(C(C)Nc2ncnc(N)c2-c2nnc(C)o2)c(Cl)c(F)c1N1CCCC1=O. The summed E-state index contributed by atoms with van der Waals surface area (Å²) in [5, 5.41) is 10.9. The molecule has 3 N–H and O–H groups in total. The second kappa shape index (κ2) is 9.18. The van der Waals surface area contributed by atoms with E-state index in [1.807, 2.05) is 0 Å². The molecule has 0 aliphatic carbocycles. The van der Waals surface area contributed by atoms with Crippen LogP contribution in [-0.2, 0) is 4.79 Å². The molecule has 174 valence electrons. The fourth-order valence-electron chi connectivity index (χ4n) is 3.73. The summed E-state index contributed by atoms with van der Waals surface area (Å²) in [5.41, 5.74) is 6.84. The lowest BCUT2D eigenvalue weighted by Crippen LogP contribution is -2.26. The van der Waals surface area contributed by atoms with Crippen LogP contribution in [-0.4, -0.2) is 39.2 Å². The number of carbonyl (C=O) groups excluding carboxylic acids is 1. The molecule has 0 radical (unpaired) electrons. The summed E-state index contributed by atoms with van der Waals surface area (Å²) < 4.78 is 26.6. The summed E-state index contributed by atoms with van der Waals surface area (Å²) >= 11 is 6.44. The smallest absolute Gasteiger partial charge is 0.255 e. The van der Waals surface area contributed by atoms with Crippen molar-refractivity contribution in [1.82, 2.24) is 20.2 Å². The van der Waals surface area contributed by atoms with Crippen molar-refractivity contribution in [2.45, 2.75) is 39.7 Å². The highest BCUT2D eigenvalue weighted by Gasteiger charge is 2.31. The van der Waals surface area contributed by atoms with Gasteiger partial charge in [-0.25, -0.2) is 14.4 Å². The minimum absolute atomic E-state index is 0.0635. The highest BCUT2D eigenvalue weighted by Crippen LogP contribution is 2.42. The van der Waals surface area contributed by atoms with Crippen molar-refractivity contribution in [3.8, 4) is 17.2 Å². The van der Waals surface area contributed by atoms with E-state index >= 15 is 4.39 Å². The first-order valence-electron chi connectivity index (χ1n) is 10.4. The summed E-state index contributed by atoms with van der Waals surface area (Å²) in [5.74, 6) is 0.317. The van der Waals surface area contributed by atoms with E-state index in [0.717, 1.165) is 0 Å². The molecule has 1 aromatic carbocycles. The number of rotatable bonds is 7. The third-order valence-corrected chi connectivity index (χ3v) is 5.64. The number of hydrogen-bond donors (Lipinski definition) is 2. The number of nitrogens with one attached hydrogen (secondary N) is 1. The quantitative estimate of drug-likeness (QED) is 0.521. The maximum atomic E-state index is 15.5. The number of nitrogen functional groups attached to an aromatic ring is 1. The van der Waals surface area contributed by atoms with Gasteiger partial charge in [-0.05, 0) is 31.9 Å². The number of aryl methyl sites for hydroxylation is 1. The molecule has 2 aromatic heterocycles. The Morgan fingerprint density at radius 1 is 1.39 bits per heavy atom. The van der Waals surface area contributed by atoms with Crippen LogP contribution in [0.3, 0.4) is 0 Å². The molecule has 1 fully saturated rings. The fourth-order valence-corrected chi connectivity index (χ4v) is 4.04. The van der Waals surface area contributed by atoms with E-state index in [1.165, 1.54) is 11.2 Å². The number of halogens is 2. The Morgan fingerprint density at radius 2 is 2.18 bits per heavy atom. The van der Waals surface area contributed by atoms with Crippen molar-refractivity contribution in [3.63, 3.8) is 0 Å². The van der Waals surface area contributed by atoms with Gasteiger partial charge in [0.15, 0.2) is 5.82 Å². The summed E-state index contributed by atoms with van der Waals surface area (Å²) in [6.07, 6.45) is 2.29. The van der Waals surface area contributed by atoms with Gasteiger partial charge >= 0.3 is 0 Å². The first-order valence-corrected chi connectivity index (χ1v) is 10.8. The Kier molecular flexibility index (Phi) is 6.32. The van der Waals surface area contributed by atoms with Crippen molar-refractivity contribution in [1.29, 1.82) is 0 Å². The Bertz CT molecular complexity index is 1200. The van der Waals surface area contributed by atoms with E-state index in [-0.39, 0.29) is 34.1 Å². The van der Waals surface area contributed by atoms with Gasteiger partial charge in [0.05, 0.1) is 17.7 Å². The molecule has 0 saturated carbocycles. The average Bonchev–Trinajstić information content (AvgIpc) is 3.39. The van der Waals surface area contributed by atoms with Crippen LogP contribution >= 0.6 is 11.6 Å². The number of ether oxygens (including phenoxy) is 1. The number of carbonyl (C=O) groups is 1. The van der Waals surface area contributed by atoms with E-state index in [9.17, 15) is 4.79 Å². The number of amides is 1. The van der Waals surface area contributed by atoms with Crippen LogP contribution in [0.1, 0.15) is 44.2 Å². The van der Waals surface area contributed by atoms with Gasteiger partial charge in [-0.1, -0.05) is 11.6 Å². The van der Waals surface area contributed by atoms with Gasteiger partial charge in [0, 0.05) is 19.9 Å². The molecule has 1 unspecified atom stereocenters. The highest BCUT2D eigenvalue weighted by atomic mass is 35.5. The maximum absolute atomic E-state index is 15.5. The molecular formula is C21H23ClFN7O3. The van der Waals surface area contributed by atoms with Crippen molar-refractivity contribution in [2.24, 2.45) is 0 Å². The topological polar surface area (TPSA) is 132 Å². The highest BCUT2D eigenvalue weighted by molar-refractivity contribution is 6.32. The zero-order chi connectivity index (χ0) is 23.7. The van der Waals surface area contributed by atoms with E-state index in [4.69, 9.17) is 26.5 Å². The van der Waals surface area contributed by atoms with Crippen LogP contribution in [0, 0.1) is 12.7 Å². The largest absolute Gasteiger partial charge is 0.492 e. The van der Waals surface area contributed by atoms with Gasteiger partial charge in [0.2, 0.25) is 11.8 Å². The molecule has 0 spiro atoms. The van der Waals surface area contributed by atoms with Gasteiger partial charge in [0.25, 0.3) is 5.89 Å². The van der Waals surface area contributed by atoms with Crippen LogP contribution in [0.2, 0.25) is 5.02 Å². The first kappa shape index (κ1) is 22.7. The van der Waals surface area contributed by atoms with Crippen LogP contribution in [0.15, 0.2) is 16.8 Å². The Labute approximate surface area is 194 Å². The number of anilines is 3. The van der Waals surface area contributed by atoms with Gasteiger partial charge < -0.3 is 25.1 Å². The first-order chi connectivity index (χ1) is 15.8. The second-order valence-electron chi connectivity index (χ2n) is 7.50. The summed E-state index contributed by atoms with van der Waals surface area (Å²) in [7, 11) is 0. The van der Waals surface area contributed by atoms with Crippen molar-refractivity contribution in [3.05, 3.63) is 34.7 Å². The van der Waals surface area contributed by atoms with E-state index in [2.05, 4.69) is 25.5 Å². The molecule has 33 heavy (non-hydrogen) atoms. The van der Waals surface area contributed by atoms with Gasteiger partial charge in [-0.3, -0.25) is 4.79 Å². The summed E-state index contributed by atoms with van der Waals surface area (Å²) in [6, 6.07) is 1.10. The number of aromatic nitrogens is 4. The molecule has 12 heteroatoms. The van der Waals surface area contributed by atoms with Crippen molar-refractivity contribution >= 4 is 34.8 Å². The normalized spacial score (nSPS) is 14.6. The van der Waals surface area contributed by atoms with Gasteiger partial charge in [-0.2, -0.15) is 0 Å². The minimum atomic E-state index is -0.712. The Morgan fingerprint density at radius 3 is 2.82 bits per heavy atom. The molecular weight excluding hydrogens is 453 g/mol. The molecule has 3 heterocycles. The number of nitrogens with zero attached hydrogens (tertiary/aromatic N) is 5. The van der Waals surface area contributed by atoms with Gasteiger partial charge in [-0.15, -0.1) is 10.2 Å². The Hall–Kier alpha value is -3.47. The van der Waals surface area contributed by atoms with Crippen LogP contribution in [0.4, 0.5) is 21.7 Å². The van der Waals surface area contributed by atoms with E-state index in [1.54, 1.807) is 26.8 Å². The molecule has 3 aromatic rings. The summed E-state index contributed by atoms with van der Waals surface area (Å²) in [4.78, 5) is 21.9. The molecule has 10 nitrogen and oxygen atoms in total. The van der Waals surface area contributed by atoms with Crippen molar-refractivity contribution < 1.29 is 18.3 Å². The van der Waals surface area contributed by atoms with Crippen LogP contribution in [0.5, 0.6) is 5.75 Å². The predicted molar refractivity (Wildman–Crippen MR) is 121 cm³/mol. The fraction of sp³-hybridized carbons (Fsp3) is 0.381. The second-order valence-corrected chi connectivity index (χ2v) is 7.88. The molecule has 4 rings (SSSR count). The van der Waals surface area contributed by atoms with Gasteiger partial charge in [0.1, 0.15) is 35.0 Å². The number of nitrogens with two attached hydrogens (primary N) is 1. The van der Waals surface area contributed by atoms with Crippen molar-refractivity contribution in [2.75, 3.05) is 29.1 Å². The molecule has 0 bridgehead atoms. The van der Waals surface area contributed by atoms with E-state index < -0.39 is 11.9 Å². The molecule has 1 aliphatic heterocycles. The Balaban J connectivity index is 1.73. The lowest BCUT2D eigenvalue weighted by Gasteiger charge is -2.24. The minimum Gasteiger partial charge on any atom is -0.492 e. The number of benzene rings is 1. The van der Waals surface area contributed by atoms with E-state index in [0.29, 0.717) is 48.8 Å². The zero-order valence-electron chi connectivity index (χ0n) is 18.4. The third-order valence-electron chi connectivity index (χ3n) is 5.25. The average molecular weight is 476 g/mol. The zero-order valence-corrected chi connectivity index (χ0v) is 19.1.